The summed E-state index contributed by atoms with van der Waals surface area (Å²) in [7, 11) is 0. The van der Waals surface area contributed by atoms with E-state index in [1.807, 2.05) is 51.1 Å². The molecule has 154 valence electrons. The first-order valence-corrected chi connectivity index (χ1v) is 10.1. The predicted octanol–water partition coefficient (Wildman–Crippen LogP) is 6.21. The predicted molar refractivity (Wildman–Crippen MR) is 121 cm³/mol. The largest absolute Gasteiger partial charge is 0.493 e. The molecule has 2 aromatic carbocycles. The number of allylic oxidation sites excluding steroid dienone is 1. The molecule has 0 atom stereocenters. The molecular formula is C24H26N4O2. The van der Waals surface area contributed by atoms with Gasteiger partial charge in [0.1, 0.15) is 0 Å². The average Bonchev–Trinajstić information content (AvgIpc) is 2.96. The quantitative estimate of drug-likeness (QED) is 0.511. The number of carbonyl (C=O) groups is 1. The Labute approximate surface area is 175 Å². The van der Waals surface area contributed by atoms with Crippen molar-refractivity contribution in [1.29, 1.82) is 0 Å². The molecule has 0 spiro atoms. The number of carbonyl (C=O) groups excluding carboxylic acids is 1. The van der Waals surface area contributed by atoms with Crippen LogP contribution in [-0.4, -0.2) is 21.1 Å². The van der Waals surface area contributed by atoms with Gasteiger partial charge in [-0.15, -0.1) is 10.2 Å². The van der Waals surface area contributed by atoms with E-state index in [0.29, 0.717) is 17.8 Å². The SMILES string of the molecule is CCn1c(O)c(N=NC(=O)c2cc(C)cc3c2NC(C)(C)C=C3C)c2ccccc21. The molecule has 4 rings (SSSR count). The first kappa shape index (κ1) is 19.9. The Kier molecular flexibility index (Phi) is 4.73. The number of hydrogen-bond acceptors (Lipinski definition) is 4. The minimum atomic E-state index is -0.444. The summed E-state index contributed by atoms with van der Waals surface area (Å²) >= 11 is 0. The van der Waals surface area contributed by atoms with Crippen molar-refractivity contribution in [3.63, 3.8) is 0 Å². The van der Waals surface area contributed by atoms with Crippen molar-refractivity contribution >= 4 is 33.8 Å². The number of anilines is 1. The molecule has 6 nitrogen and oxygen atoms in total. The van der Waals surface area contributed by atoms with Crippen LogP contribution in [0.5, 0.6) is 5.88 Å². The fraction of sp³-hybridized carbons (Fsp3) is 0.292. The number of benzene rings is 2. The highest BCUT2D eigenvalue weighted by Crippen LogP contribution is 2.40. The van der Waals surface area contributed by atoms with Crippen molar-refractivity contribution in [1.82, 2.24) is 4.57 Å². The summed E-state index contributed by atoms with van der Waals surface area (Å²) in [5, 5.41) is 23.0. The van der Waals surface area contributed by atoms with Crippen molar-refractivity contribution in [2.24, 2.45) is 10.2 Å². The lowest BCUT2D eigenvalue weighted by Crippen LogP contribution is -2.32. The van der Waals surface area contributed by atoms with Crippen molar-refractivity contribution in [3.05, 3.63) is 59.2 Å². The highest BCUT2D eigenvalue weighted by atomic mass is 16.3. The van der Waals surface area contributed by atoms with Gasteiger partial charge >= 0.3 is 0 Å². The fourth-order valence-electron chi connectivity index (χ4n) is 4.22. The Balaban J connectivity index is 1.79. The topological polar surface area (TPSA) is 79.0 Å². The number of aromatic nitrogens is 1. The lowest BCUT2D eigenvalue weighted by atomic mass is 9.88. The summed E-state index contributed by atoms with van der Waals surface area (Å²) < 4.78 is 1.75. The molecule has 0 fully saturated rings. The summed E-state index contributed by atoms with van der Waals surface area (Å²) in [5.74, 6) is -0.430. The van der Waals surface area contributed by atoms with E-state index in [-0.39, 0.29) is 11.4 Å². The van der Waals surface area contributed by atoms with Crippen LogP contribution < -0.4 is 5.32 Å². The highest BCUT2D eigenvalue weighted by molar-refractivity contribution is 6.04. The van der Waals surface area contributed by atoms with Gasteiger partial charge in [-0.3, -0.25) is 4.79 Å². The third kappa shape index (κ3) is 3.28. The highest BCUT2D eigenvalue weighted by Gasteiger charge is 2.27. The number of rotatable bonds is 3. The Hall–Kier alpha value is -3.41. The maximum absolute atomic E-state index is 13.1. The molecule has 0 radical (unpaired) electrons. The number of nitrogens with one attached hydrogen (secondary N) is 1. The van der Waals surface area contributed by atoms with Gasteiger partial charge in [-0.2, -0.15) is 0 Å². The van der Waals surface area contributed by atoms with Crippen molar-refractivity contribution in [2.45, 2.75) is 46.7 Å². The standard InChI is InChI=1S/C24H26N4O2/c1-6-28-19-10-8-7-9-16(19)21(23(28)30)26-27-22(29)18-12-14(2)11-17-15(3)13-24(4,5)25-20(17)18/h7-13,25,30H,6H2,1-5H3. The molecule has 0 aliphatic carbocycles. The molecule has 0 saturated heterocycles. The van der Waals surface area contributed by atoms with Crippen LogP contribution in [0.1, 0.15) is 49.2 Å². The molecule has 1 aliphatic heterocycles. The molecule has 0 unspecified atom stereocenters. The van der Waals surface area contributed by atoms with E-state index < -0.39 is 5.91 Å². The van der Waals surface area contributed by atoms with E-state index in [4.69, 9.17) is 0 Å². The first-order valence-electron chi connectivity index (χ1n) is 10.1. The number of hydrogen-bond donors (Lipinski definition) is 2. The van der Waals surface area contributed by atoms with Crippen molar-refractivity contribution in [3.8, 4) is 5.88 Å². The second-order valence-electron chi connectivity index (χ2n) is 8.35. The summed E-state index contributed by atoms with van der Waals surface area (Å²) in [6, 6.07) is 11.5. The number of fused-ring (bicyclic) bond motifs is 2. The van der Waals surface area contributed by atoms with E-state index in [1.165, 1.54) is 0 Å². The fourth-order valence-corrected chi connectivity index (χ4v) is 4.22. The number of aryl methyl sites for hydroxylation is 2. The van der Waals surface area contributed by atoms with Crippen LogP contribution in [0.25, 0.3) is 16.5 Å². The molecule has 3 aromatic rings. The first-order chi connectivity index (χ1) is 14.2. The number of aromatic hydroxyl groups is 1. The monoisotopic (exact) mass is 402 g/mol. The maximum Gasteiger partial charge on any atom is 0.297 e. The van der Waals surface area contributed by atoms with Crippen molar-refractivity contribution < 1.29 is 9.90 Å². The molecule has 2 N–H and O–H groups in total. The third-order valence-corrected chi connectivity index (χ3v) is 5.44. The zero-order valence-electron chi connectivity index (χ0n) is 17.9. The lowest BCUT2D eigenvalue weighted by Gasteiger charge is -2.32. The van der Waals surface area contributed by atoms with Crippen molar-refractivity contribution in [2.75, 3.05) is 5.32 Å². The smallest absolute Gasteiger partial charge is 0.297 e. The Bertz CT molecular complexity index is 1230. The lowest BCUT2D eigenvalue weighted by molar-refractivity contribution is 0.0995. The summed E-state index contributed by atoms with van der Waals surface area (Å²) in [4.78, 5) is 13.1. The van der Waals surface area contributed by atoms with E-state index in [2.05, 4.69) is 41.5 Å². The number of nitrogens with zero attached hydrogens (tertiary/aromatic N) is 3. The summed E-state index contributed by atoms with van der Waals surface area (Å²) in [5.41, 5.74) is 5.24. The van der Waals surface area contributed by atoms with Gasteiger partial charge in [-0.25, -0.2) is 0 Å². The van der Waals surface area contributed by atoms with E-state index >= 15 is 0 Å². The van der Waals surface area contributed by atoms with Crippen LogP contribution >= 0.6 is 0 Å². The summed E-state index contributed by atoms with van der Waals surface area (Å²) in [6.45, 7) is 10.7. The van der Waals surface area contributed by atoms with Gasteiger partial charge in [0.25, 0.3) is 5.91 Å². The van der Waals surface area contributed by atoms with Gasteiger partial charge in [0, 0.05) is 17.5 Å². The average molecular weight is 402 g/mol. The summed E-state index contributed by atoms with van der Waals surface area (Å²) in [6.07, 6.45) is 2.15. The van der Waals surface area contributed by atoms with Gasteiger partial charge in [-0.05, 0) is 64.0 Å². The van der Waals surface area contributed by atoms with E-state index in [9.17, 15) is 9.90 Å². The molecule has 2 heterocycles. The molecule has 1 aromatic heterocycles. The van der Waals surface area contributed by atoms with Crippen LogP contribution in [0, 0.1) is 6.92 Å². The van der Waals surface area contributed by atoms with Crippen LogP contribution in [0.3, 0.4) is 0 Å². The van der Waals surface area contributed by atoms with Gasteiger partial charge in [-0.1, -0.05) is 24.3 Å². The minimum Gasteiger partial charge on any atom is -0.493 e. The Morgan fingerprint density at radius 1 is 1.20 bits per heavy atom. The molecular weight excluding hydrogens is 376 g/mol. The number of amides is 1. The maximum atomic E-state index is 13.1. The van der Waals surface area contributed by atoms with Crippen LogP contribution in [0.15, 0.2) is 52.7 Å². The molecule has 1 amide bonds. The van der Waals surface area contributed by atoms with Crippen LogP contribution in [0.4, 0.5) is 11.4 Å². The van der Waals surface area contributed by atoms with Crippen LogP contribution in [-0.2, 0) is 6.54 Å². The molecule has 1 aliphatic rings. The number of para-hydroxylation sites is 1. The van der Waals surface area contributed by atoms with E-state index in [0.717, 1.165) is 33.3 Å². The molecule has 0 saturated carbocycles. The normalized spacial score (nSPS) is 15.2. The molecule has 6 heteroatoms. The zero-order valence-corrected chi connectivity index (χ0v) is 17.9. The van der Waals surface area contributed by atoms with Gasteiger partial charge in [0.2, 0.25) is 5.88 Å². The number of azo groups is 1. The van der Waals surface area contributed by atoms with Gasteiger partial charge in [0.15, 0.2) is 5.69 Å². The Morgan fingerprint density at radius 2 is 1.93 bits per heavy atom. The zero-order chi connectivity index (χ0) is 21.6. The molecule has 0 bridgehead atoms. The second-order valence-corrected chi connectivity index (χ2v) is 8.35. The Morgan fingerprint density at radius 3 is 2.67 bits per heavy atom. The molecule has 30 heavy (non-hydrogen) atoms. The third-order valence-electron chi connectivity index (χ3n) is 5.44. The minimum absolute atomic E-state index is 0.0135. The van der Waals surface area contributed by atoms with Gasteiger partial charge in [0.05, 0.1) is 22.3 Å². The van der Waals surface area contributed by atoms with Gasteiger partial charge < -0.3 is 15.0 Å². The van der Waals surface area contributed by atoms with E-state index in [1.54, 1.807) is 4.57 Å². The van der Waals surface area contributed by atoms with Crippen LogP contribution in [0.2, 0.25) is 0 Å². The second kappa shape index (κ2) is 7.13.